The van der Waals surface area contributed by atoms with Crippen molar-refractivity contribution in [2.24, 2.45) is 0 Å². The number of para-hydroxylation sites is 1. The maximum absolute atomic E-state index is 12.6. The summed E-state index contributed by atoms with van der Waals surface area (Å²) in [7, 11) is 0. The van der Waals surface area contributed by atoms with Gasteiger partial charge in [-0.2, -0.15) is 0 Å². The molecule has 7 heteroatoms. The van der Waals surface area contributed by atoms with E-state index in [0.29, 0.717) is 23.4 Å². The summed E-state index contributed by atoms with van der Waals surface area (Å²) < 4.78 is 2.03. The summed E-state index contributed by atoms with van der Waals surface area (Å²) in [4.78, 5) is 16.8. The number of nitrogens with one attached hydrogen (secondary N) is 1. The van der Waals surface area contributed by atoms with Crippen LogP contribution in [0.2, 0.25) is 0 Å². The largest absolute Gasteiger partial charge is 0.351 e. The summed E-state index contributed by atoms with van der Waals surface area (Å²) in [6, 6.07) is 20.2. The van der Waals surface area contributed by atoms with Gasteiger partial charge in [-0.3, -0.25) is 14.3 Å². The lowest BCUT2D eigenvalue weighted by Crippen LogP contribution is -2.24. The van der Waals surface area contributed by atoms with Crippen LogP contribution in [0.3, 0.4) is 0 Å². The number of hydrogen-bond acceptors (Lipinski definition) is 5. The number of hydrogen-bond donors (Lipinski definition) is 1. The minimum absolute atomic E-state index is 0.0461. The zero-order valence-corrected chi connectivity index (χ0v) is 19.8. The van der Waals surface area contributed by atoms with Crippen LogP contribution in [-0.4, -0.2) is 31.4 Å². The molecule has 6 nitrogen and oxygen atoms in total. The highest BCUT2D eigenvalue weighted by Crippen LogP contribution is 2.31. The van der Waals surface area contributed by atoms with Crippen LogP contribution in [0, 0.1) is 6.92 Å². The molecule has 4 aromatic rings. The van der Waals surface area contributed by atoms with E-state index in [2.05, 4.69) is 46.5 Å². The van der Waals surface area contributed by atoms with E-state index in [1.54, 1.807) is 12.4 Å². The molecule has 0 aliphatic carbocycles. The zero-order valence-electron chi connectivity index (χ0n) is 19.0. The Kier molecular flexibility index (Phi) is 7.19. The van der Waals surface area contributed by atoms with Crippen LogP contribution in [-0.2, 0) is 11.3 Å². The number of thioether (sulfide) groups is 1. The lowest BCUT2D eigenvalue weighted by Gasteiger charge is -2.16. The molecule has 0 spiro atoms. The first-order chi connectivity index (χ1) is 16.0. The fraction of sp³-hybridized carbons (Fsp3) is 0.231. The van der Waals surface area contributed by atoms with Gasteiger partial charge in [0.05, 0.1) is 11.4 Å². The van der Waals surface area contributed by atoms with Gasteiger partial charge in [0.25, 0.3) is 0 Å². The molecule has 1 amide bonds. The van der Waals surface area contributed by atoms with Crippen molar-refractivity contribution in [3.63, 3.8) is 0 Å². The summed E-state index contributed by atoms with van der Waals surface area (Å²) in [6.07, 6.45) is 3.52. The molecule has 2 heterocycles. The highest BCUT2D eigenvalue weighted by Gasteiger charge is 2.20. The molecule has 0 fully saturated rings. The van der Waals surface area contributed by atoms with Gasteiger partial charge in [0, 0.05) is 24.5 Å². The van der Waals surface area contributed by atoms with E-state index < -0.39 is 0 Å². The first-order valence-electron chi connectivity index (χ1n) is 10.9. The Balaban J connectivity index is 1.58. The topological polar surface area (TPSA) is 72.7 Å². The van der Waals surface area contributed by atoms with E-state index in [4.69, 9.17) is 0 Å². The molecule has 0 unspecified atom stereocenters. The van der Waals surface area contributed by atoms with E-state index in [-0.39, 0.29) is 11.7 Å². The molecule has 0 bridgehead atoms. The quantitative estimate of drug-likeness (QED) is 0.370. The molecule has 1 N–H and O–H groups in total. The van der Waals surface area contributed by atoms with Crippen LogP contribution in [0.4, 0.5) is 0 Å². The normalized spacial score (nSPS) is 11.0. The predicted octanol–water partition coefficient (Wildman–Crippen LogP) is 5.17. The van der Waals surface area contributed by atoms with Crippen molar-refractivity contribution in [2.75, 3.05) is 5.75 Å². The molecule has 0 saturated carbocycles. The summed E-state index contributed by atoms with van der Waals surface area (Å²) in [5.41, 5.74) is 5.35. The Hall–Kier alpha value is -3.45. The fourth-order valence-corrected chi connectivity index (χ4v) is 4.30. The van der Waals surface area contributed by atoms with E-state index in [9.17, 15) is 4.79 Å². The predicted molar refractivity (Wildman–Crippen MR) is 132 cm³/mol. The van der Waals surface area contributed by atoms with Crippen molar-refractivity contribution in [2.45, 2.75) is 38.4 Å². The monoisotopic (exact) mass is 457 g/mol. The smallest absolute Gasteiger partial charge is 0.230 e. The Labute approximate surface area is 198 Å². The number of pyridine rings is 1. The second-order valence-corrected chi connectivity index (χ2v) is 9.09. The maximum Gasteiger partial charge on any atom is 0.230 e. The van der Waals surface area contributed by atoms with Crippen molar-refractivity contribution in [3.8, 4) is 17.1 Å². The standard InChI is InChI=1S/C26H27N5OS/c1-18(2)22-8-4-5-9-23(22)31-25(21-7-6-14-27-16-21)29-30-26(31)33-17-24(32)28-15-20-12-10-19(3)11-13-20/h4-14,16,18H,15,17H2,1-3H3,(H,28,32). The highest BCUT2D eigenvalue weighted by molar-refractivity contribution is 7.99. The second-order valence-electron chi connectivity index (χ2n) is 8.15. The molecule has 168 valence electrons. The summed E-state index contributed by atoms with van der Waals surface area (Å²) in [5.74, 6) is 1.23. The van der Waals surface area contributed by atoms with Crippen molar-refractivity contribution < 1.29 is 4.79 Å². The lowest BCUT2D eigenvalue weighted by molar-refractivity contribution is -0.118. The molecular weight excluding hydrogens is 430 g/mol. The van der Waals surface area contributed by atoms with Gasteiger partial charge in [0.1, 0.15) is 0 Å². The highest BCUT2D eigenvalue weighted by atomic mass is 32.2. The molecule has 4 rings (SSSR count). The average Bonchev–Trinajstić information content (AvgIpc) is 3.26. The van der Waals surface area contributed by atoms with E-state index in [1.807, 2.05) is 60.0 Å². The van der Waals surface area contributed by atoms with Crippen molar-refractivity contribution in [1.82, 2.24) is 25.1 Å². The first-order valence-corrected chi connectivity index (χ1v) is 11.9. The van der Waals surface area contributed by atoms with Crippen LogP contribution >= 0.6 is 11.8 Å². The van der Waals surface area contributed by atoms with Crippen LogP contribution in [0.1, 0.15) is 36.5 Å². The molecule has 0 aliphatic heterocycles. The molecule has 0 aliphatic rings. The molecule has 0 saturated heterocycles. The van der Waals surface area contributed by atoms with Gasteiger partial charge < -0.3 is 5.32 Å². The number of carbonyl (C=O) groups excluding carboxylic acids is 1. The number of nitrogens with zero attached hydrogens (tertiary/aromatic N) is 4. The Morgan fingerprint density at radius 2 is 1.82 bits per heavy atom. The van der Waals surface area contributed by atoms with E-state index >= 15 is 0 Å². The number of benzene rings is 2. The second kappa shape index (κ2) is 10.4. The number of amides is 1. The van der Waals surface area contributed by atoms with Crippen LogP contribution in [0.15, 0.2) is 78.2 Å². The average molecular weight is 458 g/mol. The number of aromatic nitrogens is 4. The first kappa shape index (κ1) is 22.7. The Bertz CT molecular complexity index is 1220. The third-order valence-corrected chi connectivity index (χ3v) is 6.22. The summed E-state index contributed by atoms with van der Waals surface area (Å²) in [5, 5.41) is 12.6. The maximum atomic E-state index is 12.6. The third-order valence-electron chi connectivity index (χ3n) is 5.30. The molecule has 2 aromatic carbocycles. The van der Waals surface area contributed by atoms with E-state index in [0.717, 1.165) is 16.8 Å². The van der Waals surface area contributed by atoms with Crippen LogP contribution in [0.5, 0.6) is 0 Å². The molecule has 33 heavy (non-hydrogen) atoms. The van der Waals surface area contributed by atoms with Gasteiger partial charge in [-0.15, -0.1) is 10.2 Å². The van der Waals surface area contributed by atoms with Crippen molar-refractivity contribution in [1.29, 1.82) is 0 Å². The van der Waals surface area contributed by atoms with Crippen molar-refractivity contribution in [3.05, 3.63) is 89.7 Å². The van der Waals surface area contributed by atoms with Gasteiger partial charge in [-0.05, 0) is 42.2 Å². The zero-order chi connectivity index (χ0) is 23.2. The minimum Gasteiger partial charge on any atom is -0.351 e. The molecule has 0 radical (unpaired) electrons. The SMILES string of the molecule is Cc1ccc(CNC(=O)CSc2nnc(-c3cccnc3)n2-c2ccccc2C(C)C)cc1. The number of carbonyl (C=O) groups is 1. The number of rotatable bonds is 8. The molecule has 0 atom stereocenters. The Morgan fingerprint density at radius 1 is 1.03 bits per heavy atom. The lowest BCUT2D eigenvalue weighted by atomic mass is 10.0. The van der Waals surface area contributed by atoms with Gasteiger partial charge in [-0.1, -0.05) is 73.6 Å². The minimum atomic E-state index is -0.0461. The molecule has 2 aromatic heterocycles. The summed E-state index contributed by atoms with van der Waals surface area (Å²) in [6.45, 7) is 6.88. The van der Waals surface area contributed by atoms with Gasteiger partial charge in [-0.25, -0.2) is 0 Å². The van der Waals surface area contributed by atoms with E-state index in [1.165, 1.54) is 22.9 Å². The molecular formula is C26H27N5OS. The van der Waals surface area contributed by atoms with Crippen LogP contribution < -0.4 is 5.32 Å². The summed E-state index contributed by atoms with van der Waals surface area (Å²) >= 11 is 1.38. The third kappa shape index (κ3) is 5.49. The van der Waals surface area contributed by atoms with Gasteiger partial charge in [0.2, 0.25) is 5.91 Å². The van der Waals surface area contributed by atoms with Crippen molar-refractivity contribution >= 4 is 17.7 Å². The number of aryl methyl sites for hydroxylation is 1. The van der Waals surface area contributed by atoms with Gasteiger partial charge >= 0.3 is 0 Å². The Morgan fingerprint density at radius 3 is 2.55 bits per heavy atom. The van der Waals surface area contributed by atoms with Gasteiger partial charge in [0.15, 0.2) is 11.0 Å². The fourth-order valence-electron chi connectivity index (χ4n) is 3.53. The van der Waals surface area contributed by atoms with Crippen LogP contribution in [0.25, 0.3) is 17.1 Å².